The number of carboxylic acids is 1. The van der Waals surface area contributed by atoms with Crippen molar-refractivity contribution in [1.82, 2.24) is 0 Å². The van der Waals surface area contributed by atoms with Gasteiger partial charge in [0.25, 0.3) is 0 Å². The molecule has 0 aromatic heterocycles. The molecule has 0 aromatic rings. The van der Waals surface area contributed by atoms with Gasteiger partial charge in [-0.05, 0) is 25.7 Å². The summed E-state index contributed by atoms with van der Waals surface area (Å²) in [5.41, 5.74) is 5.72. The summed E-state index contributed by atoms with van der Waals surface area (Å²) in [7, 11) is 0. The van der Waals surface area contributed by atoms with Crippen molar-refractivity contribution < 1.29 is 14.4 Å². The van der Waals surface area contributed by atoms with Crippen LogP contribution in [0.5, 0.6) is 0 Å². The fraction of sp³-hybridized carbons (Fsp3) is 0.760. The summed E-state index contributed by atoms with van der Waals surface area (Å²) in [5, 5.41) is 9.25. The number of nitrogens with two attached hydrogens (primary N) is 1. The van der Waals surface area contributed by atoms with E-state index in [0.717, 1.165) is 18.7 Å². The van der Waals surface area contributed by atoms with Crippen molar-refractivity contribution in [3.05, 3.63) is 24.6 Å². The third-order valence-corrected chi connectivity index (χ3v) is 5.93. The van der Waals surface area contributed by atoms with Gasteiger partial charge >= 0.3 is 5.97 Å². The zero-order valence-corrected chi connectivity index (χ0v) is 19.4. The lowest BCUT2D eigenvalue weighted by atomic mass is 10.0. The second kappa shape index (κ2) is 17.2. The van der Waals surface area contributed by atoms with E-state index in [1.807, 2.05) is 6.20 Å². The summed E-state index contributed by atoms with van der Waals surface area (Å²) < 4.78 is 0.306. The molecule has 0 saturated heterocycles. The molecule has 5 nitrogen and oxygen atoms in total. The van der Waals surface area contributed by atoms with Crippen molar-refractivity contribution >= 4 is 11.8 Å². The number of nitrogens with zero attached hydrogens (tertiary/aromatic N) is 2. The lowest BCUT2D eigenvalue weighted by Gasteiger charge is -2.30. The Hall–Kier alpha value is -1.46. The summed E-state index contributed by atoms with van der Waals surface area (Å²) >= 11 is 0. The van der Waals surface area contributed by atoms with Gasteiger partial charge in [0.2, 0.25) is 5.84 Å². The second-order valence-electron chi connectivity index (χ2n) is 8.63. The highest BCUT2D eigenvalue weighted by Crippen LogP contribution is 2.21. The van der Waals surface area contributed by atoms with Crippen LogP contribution >= 0.6 is 0 Å². The predicted octanol–water partition coefficient (Wildman–Crippen LogP) is 6.16. The number of allylic oxidation sites excluding steroid dienone is 2. The molecule has 0 fully saturated rings. The average Bonchev–Trinajstić information content (AvgIpc) is 3.09. The minimum atomic E-state index is -0.800. The number of unbranched alkanes of at least 4 members (excludes halogenated alkanes) is 12. The number of hydrogen-bond acceptors (Lipinski definition) is 3. The topological polar surface area (TPSA) is 75.7 Å². The molecular weight excluding hydrogens is 374 g/mol. The highest BCUT2D eigenvalue weighted by Gasteiger charge is 2.36. The Kier molecular flexibility index (Phi) is 15.3. The van der Waals surface area contributed by atoms with E-state index in [1.165, 1.54) is 83.5 Å². The van der Waals surface area contributed by atoms with Gasteiger partial charge in [-0.15, -0.1) is 0 Å². The van der Waals surface area contributed by atoms with Crippen LogP contribution in [0.15, 0.2) is 29.5 Å². The molecule has 1 rings (SSSR count). The normalized spacial score (nSPS) is 18.4. The average molecular weight is 421 g/mol. The van der Waals surface area contributed by atoms with Crippen LogP contribution in [0.4, 0.5) is 0 Å². The molecule has 1 aliphatic heterocycles. The molecule has 0 radical (unpaired) electrons. The monoisotopic (exact) mass is 420 g/mol. The first kappa shape index (κ1) is 26.6. The van der Waals surface area contributed by atoms with E-state index in [9.17, 15) is 9.90 Å². The summed E-state index contributed by atoms with van der Waals surface area (Å²) in [4.78, 5) is 15.7. The van der Waals surface area contributed by atoms with Crippen LogP contribution in [-0.4, -0.2) is 41.0 Å². The second-order valence-corrected chi connectivity index (χ2v) is 8.63. The lowest BCUT2D eigenvalue weighted by molar-refractivity contribution is -0.778. The van der Waals surface area contributed by atoms with Gasteiger partial charge in [-0.2, -0.15) is 0 Å². The summed E-state index contributed by atoms with van der Waals surface area (Å²) in [6.45, 7) is 3.34. The fourth-order valence-corrected chi connectivity index (χ4v) is 4.17. The maximum Gasteiger partial charge on any atom is 0.360 e. The molecule has 0 aromatic carbocycles. The fourth-order valence-electron chi connectivity index (χ4n) is 4.17. The van der Waals surface area contributed by atoms with Gasteiger partial charge in [0.1, 0.15) is 12.7 Å². The lowest BCUT2D eigenvalue weighted by Crippen LogP contribution is -2.52. The Morgan fingerprint density at radius 1 is 0.967 bits per heavy atom. The largest absolute Gasteiger partial charge is 0.477 e. The highest BCUT2D eigenvalue weighted by atomic mass is 16.4. The van der Waals surface area contributed by atoms with Crippen molar-refractivity contribution in [2.45, 2.75) is 103 Å². The van der Waals surface area contributed by atoms with Crippen LogP contribution < -0.4 is 5.73 Å². The predicted molar refractivity (Wildman–Crippen MR) is 127 cm³/mol. The number of aliphatic imine (C=N–C) groups is 1. The van der Waals surface area contributed by atoms with Gasteiger partial charge in [0.15, 0.2) is 6.54 Å². The van der Waals surface area contributed by atoms with Crippen LogP contribution in [0, 0.1) is 0 Å². The minimum Gasteiger partial charge on any atom is -0.477 e. The van der Waals surface area contributed by atoms with E-state index < -0.39 is 5.97 Å². The van der Waals surface area contributed by atoms with E-state index in [1.54, 1.807) is 6.20 Å². The van der Waals surface area contributed by atoms with Gasteiger partial charge in [-0.1, -0.05) is 83.3 Å². The summed E-state index contributed by atoms with van der Waals surface area (Å²) in [6.07, 6.45) is 27.3. The molecule has 1 aliphatic rings. The van der Waals surface area contributed by atoms with Crippen LogP contribution in [-0.2, 0) is 4.79 Å². The van der Waals surface area contributed by atoms with E-state index in [0.29, 0.717) is 17.6 Å². The number of carboxylic acid groups (broad SMARTS) is 1. The standard InChI is InChI=1S/C25H45N3O2/c1-2-3-4-5-6-7-8-9-10-11-12-13-14-15-16-17-18-24-27-20-22-28(24,21-19-26)23-25(29)30/h4-5,20,22H,2-3,6-19,21,23,26H2,1H3/p+1/b5-4+. The van der Waals surface area contributed by atoms with E-state index in [2.05, 4.69) is 24.1 Å². The van der Waals surface area contributed by atoms with E-state index in [-0.39, 0.29) is 6.54 Å². The van der Waals surface area contributed by atoms with Crippen molar-refractivity contribution in [3.8, 4) is 0 Å². The minimum absolute atomic E-state index is 0.0437. The van der Waals surface area contributed by atoms with Gasteiger partial charge in [0.05, 0.1) is 6.20 Å². The molecule has 0 saturated carbocycles. The first-order valence-electron chi connectivity index (χ1n) is 12.3. The smallest absolute Gasteiger partial charge is 0.360 e. The van der Waals surface area contributed by atoms with Crippen molar-refractivity contribution in [1.29, 1.82) is 0 Å². The zero-order chi connectivity index (χ0) is 21.9. The maximum atomic E-state index is 11.3. The summed E-state index contributed by atoms with van der Waals surface area (Å²) in [6, 6.07) is 0. The van der Waals surface area contributed by atoms with Gasteiger partial charge < -0.3 is 10.8 Å². The molecule has 0 bridgehead atoms. The molecule has 0 amide bonds. The highest BCUT2D eigenvalue weighted by molar-refractivity contribution is 5.81. The molecule has 5 heteroatoms. The van der Waals surface area contributed by atoms with Crippen LogP contribution in [0.1, 0.15) is 103 Å². The van der Waals surface area contributed by atoms with E-state index in [4.69, 9.17) is 5.73 Å². The Labute approximate surface area is 184 Å². The Balaban J connectivity index is 1.98. The quantitative estimate of drug-likeness (QED) is 0.141. The Bertz CT molecular complexity index is 543. The Morgan fingerprint density at radius 2 is 1.53 bits per heavy atom. The maximum absolute atomic E-state index is 11.3. The number of aliphatic carboxylic acids is 1. The first-order chi connectivity index (χ1) is 14.6. The van der Waals surface area contributed by atoms with Crippen LogP contribution in [0.3, 0.4) is 0 Å². The third-order valence-electron chi connectivity index (χ3n) is 5.93. The molecule has 30 heavy (non-hydrogen) atoms. The van der Waals surface area contributed by atoms with E-state index >= 15 is 0 Å². The van der Waals surface area contributed by atoms with Crippen molar-refractivity contribution in [2.75, 3.05) is 19.6 Å². The van der Waals surface area contributed by atoms with Gasteiger partial charge in [-0.3, -0.25) is 0 Å². The number of carbonyl (C=O) groups is 1. The first-order valence-corrected chi connectivity index (χ1v) is 12.3. The molecule has 1 heterocycles. The Morgan fingerprint density at radius 3 is 2.10 bits per heavy atom. The number of quaternary nitrogens is 1. The molecular formula is C25H46N3O2+. The summed E-state index contributed by atoms with van der Waals surface area (Å²) in [5.74, 6) is 0.162. The molecule has 1 atom stereocenters. The number of amidine groups is 1. The molecule has 172 valence electrons. The van der Waals surface area contributed by atoms with Gasteiger partial charge in [-0.25, -0.2) is 14.3 Å². The third kappa shape index (κ3) is 11.7. The number of hydrogen-bond donors (Lipinski definition) is 2. The van der Waals surface area contributed by atoms with Gasteiger partial charge in [0, 0.05) is 13.0 Å². The van der Waals surface area contributed by atoms with Crippen LogP contribution in [0.2, 0.25) is 0 Å². The molecule has 0 aliphatic carbocycles. The van der Waals surface area contributed by atoms with Crippen LogP contribution in [0.25, 0.3) is 0 Å². The molecule has 0 spiro atoms. The molecule has 1 unspecified atom stereocenters. The van der Waals surface area contributed by atoms with Crippen molar-refractivity contribution in [2.24, 2.45) is 10.7 Å². The molecule has 3 N–H and O–H groups in total. The SMILES string of the molecule is CCC/C=C/CCCCCCCCCCCCCC1=NC=C[N+]1(CCN)CC(=O)O. The van der Waals surface area contributed by atoms with Crippen molar-refractivity contribution in [3.63, 3.8) is 0 Å². The zero-order valence-electron chi connectivity index (χ0n) is 19.4. The number of rotatable bonds is 20.